The molecule has 0 saturated carbocycles. The van der Waals surface area contributed by atoms with Crippen molar-refractivity contribution in [2.75, 3.05) is 5.73 Å². The molecule has 0 saturated heterocycles. The molecular weight excluding hydrogens is 160 g/mol. The molecule has 0 amide bonds. The van der Waals surface area contributed by atoms with Crippen molar-refractivity contribution in [3.63, 3.8) is 0 Å². The van der Waals surface area contributed by atoms with Gasteiger partial charge in [0, 0.05) is 17.8 Å². The van der Waals surface area contributed by atoms with Gasteiger partial charge in [0.15, 0.2) is 0 Å². The van der Waals surface area contributed by atoms with E-state index in [1.807, 2.05) is 24.3 Å². The molecule has 0 fully saturated rings. The first kappa shape index (κ1) is 10.1. The van der Waals surface area contributed by atoms with Crippen LogP contribution in [-0.2, 0) is 6.54 Å². The quantitative estimate of drug-likeness (QED) is 0.681. The Morgan fingerprint density at radius 3 is 2.15 bits per heavy atom. The smallest absolute Gasteiger partial charge is 0.0314 e. The summed E-state index contributed by atoms with van der Waals surface area (Å²) >= 11 is 0. The van der Waals surface area contributed by atoms with E-state index in [9.17, 15) is 0 Å². The lowest BCUT2D eigenvalue weighted by Crippen LogP contribution is -2.35. The fourth-order valence-corrected chi connectivity index (χ4v) is 1.00. The predicted octanol–water partition coefficient (Wildman–Crippen LogP) is 2.16. The van der Waals surface area contributed by atoms with Crippen LogP contribution in [-0.4, -0.2) is 5.54 Å². The molecule has 0 heterocycles. The molecule has 2 heteroatoms. The van der Waals surface area contributed by atoms with E-state index in [-0.39, 0.29) is 5.54 Å². The van der Waals surface area contributed by atoms with E-state index in [4.69, 9.17) is 5.73 Å². The Morgan fingerprint density at radius 1 is 1.15 bits per heavy atom. The van der Waals surface area contributed by atoms with Crippen LogP contribution in [0.15, 0.2) is 24.3 Å². The molecule has 13 heavy (non-hydrogen) atoms. The molecule has 72 valence electrons. The topological polar surface area (TPSA) is 38.0 Å². The fourth-order valence-electron chi connectivity index (χ4n) is 1.00. The van der Waals surface area contributed by atoms with Crippen molar-refractivity contribution < 1.29 is 0 Å². The number of nitrogens with one attached hydrogen (secondary N) is 1. The fraction of sp³-hybridized carbons (Fsp3) is 0.455. The van der Waals surface area contributed by atoms with Gasteiger partial charge in [0.1, 0.15) is 0 Å². The van der Waals surface area contributed by atoms with Crippen molar-refractivity contribution >= 4 is 5.69 Å². The average molecular weight is 178 g/mol. The van der Waals surface area contributed by atoms with Crippen LogP contribution in [0.25, 0.3) is 0 Å². The Balaban J connectivity index is 2.51. The highest BCUT2D eigenvalue weighted by atomic mass is 14.9. The van der Waals surface area contributed by atoms with Gasteiger partial charge >= 0.3 is 0 Å². The van der Waals surface area contributed by atoms with Gasteiger partial charge in [0.05, 0.1) is 0 Å². The Labute approximate surface area is 80.1 Å². The van der Waals surface area contributed by atoms with Gasteiger partial charge in [-0.05, 0) is 38.5 Å². The first-order valence-corrected chi connectivity index (χ1v) is 4.57. The van der Waals surface area contributed by atoms with Crippen molar-refractivity contribution in [2.45, 2.75) is 32.9 Å². The minimum atomic E-state index is 0.168. The Morgan fingerprint density at radius 2 is 1.69 bits per heavy atom. The van der Waals surface area contributed by atoms with Crippen LogP contribution in [0, 0.1) is 0 Å². The second-order valence-electron chi connectivity index (χ2n) is 4.35. The van der Waals surface area contributed by atoms with Crippen LogP contribution in [0.4, 0.5) is 5.69 Å². The molecule has 0 aliphatic rings. The van der Waals surface area contributed by atoms with Crippen molar-refractivity contribution in [2.24, 2.45) is 0 Å². The summed E-state index contributed by atoms with van der Waals surface area (Å²) in [7, 11) is 0. The Kier molecular flexibility index (Phi) is 2.94. The summed E-state index contributed by atoms with van der Waals surface area (Å²) in [5, 5.41) is 3.42. The molecule has 0 atom stereocenters. The SMILES string of the molecule is CC(C)(C)NCc1ccc(N)cc1. The molecule has 0 bridgehead atoms. The zero-order valence-electron chi connectivity index (χ0n) is 8.59. The van der Waals surface area contributed by atoms with Gasteiger partial charge in [-0.1, -0.05) is 12.1 Å². The van der Waals surface area contributed by atoms with E-state index < -0.39 is 0 Å². The Hall–Kier alpha value is -1.02. The van der Waals surface area contributed by atoms with Gasteiger partial charge in [-0.25, -0.2) is 0 Å². The summed E-state index contributed by atoms with van der Waals surface area (Å²) in [5.74, 6) is 0. The Bertz CT molecular complexity index is 256. The van der Waals surface area contributed by atoms with Crippen LogP contribution >= 0.6 is 0 Å². The minimum absolute atomic E-state index is 0.168. The van der Waals surface area contributed by atoms with Crippen LogP contribution < -0.4 is 11.1 Å². The largest absolute Gasteiger partial charge is 0.399 e. The lowest BCUT2D eigenvalue weighted by molar-refractivity contribution is 0.424. The molecule has 0 radical (unpaired) electrons. The lowest BCUT2D eigenvalue weighted by atomic mass is 10.1. The highest BCUT2D eigenvalue weighted by Gasteiger charge is 2.07. The van der Waals surface area contributed by atoms with Crippen molar-refractivity contribution in [3.8, 4) is 0 Å². The third-order valence-corrected chi connectivity index (χ3v) is 1.80. The minimum Gasteiger partial charge on any atom is -0.399 e. The number of nitrogen functional groups attached to an aromatic ring is 1. The van der Waals surface area contributed by atoms with Crippen molar-refractivity contribution in [1.29, 1.82) is 0 Å². The summed E-state index contributed by atoms with van der Waals surface area (Å²) in [6.45, 7) is 7.36. The number of hydrogen-bond donors (Lipinski definition) is 2. The third kappa shape index (κ3) is 3.95. The second-order valence-corrected chi connectivity index (χ2v) is 4.35. The maximum Gasteiger partial charge on any atom is 0.0314 e. The molecule has 1 aromatic rings. The van der Waals surface area contributed by atoms with E-state index in [0.29, 0.717) is 0 Å². The first-order valence-electron chi connectivity index (χ1n) is 4.57. The molecule has 0 aliphatic carbocycles. The monoisotopic (exact) mass is 178 g/mol. The maximum atomic E-state index is 5.59. The van der Waals surface area contributed by atoms with Gasteiger partial charge in [0.25, 0.3) is 0 Å². The molecule has 1 aromatic carbocycles. The summed E-state index contributed by atoms with van der Waals surface area (Å²) in [5.41, 5.74) is 7.84. The van der Waals surface area contributed by atoms with Crippen LogP contribution in [0.3, 0.4) is 0 Å². The molecule has 0 unspecified atom stereocenters. The standard InChI is InChI=1S/C11H18N2/c1-11(2,3)13-8-9-4-6-10(12)7-5-9/h4-7,13H,8,12H2,1-3H3. The van der Waals surface area contributed by atoms with E-state index >= 15 is 0 Å². The molecule has 0 aromatic heterocycles. The molecule has 0 spiro atoms. The molecule has 2 nitrogen and oxygen atoms in total. The van der Waals surface area contributed by atoms with E-state index in [2.05, 4.69) is 26.1 Å². The maximum absolute atomic E-state index is 5.59. The summed E-state index contributed by atoms with van der Waals surface area (Å²) in [4.78, 5) is 0. The summed E-state index contributed by atoms with van der Waals surface area (Å²) in [6, 6.07) is 7.96. The van der Waals surface area contributed by atoms with Crippen molar-refractivity contribution in [1.82, 2.24) is 5.32 Å². The first-order chi connectivity index (χ1) is 5.97. The van der Waals surface area contributed by atoms with Gasteiger partial charge in [-0.2, -0.15) is 0 Å². The summed E-state index contributed by atoms with van der Waals surface area (Å²) < 4.78 is 0. The van der Waals surface area contributed by atoms with E-state index in [0.717, 1.165) is 12.2 Å². The van der Waals surface area contributed by atoms with E-state index in [1.165, 1.54) is 5.56 Å². The average Bonchev–Trinajstić information content (AvgIpc) is 2.02. The second kappa shape index (κ2) is 3.79. The number of hydrogen-bond acceptors (Lipinski definition) is 2. The van der Waals surface area contributed by atoms with Crippen LogP contribution in [0.1, 0.15) is 26.3 Å². The van der Waals surface area contributed by atoms with Gasteiger partial charge in [0.2, 0.25) is 0 Å². The van der Waals surface area contributed by atoms with Crippen LogP contribution in [0.5, 0.6) is 0 Å². The molecular formula is C11H18N2. The number of benzene rings is 1. The summed E-state index contributed by atoms with van der Waals surface area (Å²) in [6.07, 6.45) is 0. The number of rotatable bonds is 2. The normalized spacial score (nSPS) is 11.6. The molecule has 3 N–H and O–H groups in total. The van der Waals surface area contributed by atoms with Crippen LogP contribution in [0.2, 0.25) is 0 Å². The number of nitrogens with two attached hydrogens (primary N) is 1. The highest BCUT2D eigenvalue weighted by Crippen LogP contribution is 2.07. The predicted molar refractivity (Wildman–Crippen MR) is 57.4 cm³/mol. The molecule has 0 aliphatic heterocycles. The highest BCUT2D eigenvalue weighted by molar-refractivity contribution is 5.39. The zero-order valence-corrected chi connectivity index (χ0v) is 8.59. The van der Waals surface area contributed by atoms with Gasteiger partial charge in [-0.3, -0.25) is 0 Å². The van der Waals surface area contributed by atoms with Gasteiger partial charge < -0.3 is 11.1 Å². The zero-order chi connectivity index (χ0) is 9.90. The van der Waals surface area contributed by atoms with Crippen molar-refractivity contribution in [3.05, 3.63) is 29.8 Å². The lowest BCUT2D eigenvalue weighted by Gasteiger charge is -2.20. The van der Waals surface area contributed by atoms with Gasteiger partial charge in [-0.15, -0.1) is 0 Å². The number of anilines is 1. The third-order valence-electron chi connectivity index (χ3n) is 1.80. The molecule has 1 rings (SSSR count). The van der Waals surface area contributed by atoms with E-state index in [1.54, 1.807) is 0 Å².